The number of rotatable bonds is 10. The summed E-state index contributed by atoms with van der Waals surface area (Å²) in [5.74, 6) is 1.31. The number of carbonyl (C=O) groups excluding carboxylic acids is 2. The molecule has 6 heteroatoms. The van der Waals surface area contributed by atoms with E-state index in [2.05, 4.69) is 10.6 Å². The molecule has 0 amide bonds. The topological polar surface area (TPSA) is 76.7 Å². The maximum atomic E-state index is 12.3. The highest BCUT2D eigenvalue weighted by atomic mass is 16.5. The Labute approximate surface area is 189 Å². The molecule has 2 atom stereocenters. The van der Waals surface area contributed by atoms with Crippen molar-refractivity contribution in [2.24, 2.45) is 0 Å². The fourth-order valence-electron chi connectivity index (χ4n) is 3.73. The van der Waals surface area contributed by atoms with Crippen LogP contribution in [0.15, 0.2) is 73.1 Å². The first-order valence-electron chi connectivity index (χ1n) is 10.8. The summed E-state index contributed by atoms with van der Waals surface area (Å²) in [5.41, 5.74) is 1.23. The third kappa shape index (κ3) is 6.48. The van der Waals surface area contributed by atoms with Crippen LogP contribution < -0.4 is 20.1 Å². The number of hydrogen-bond acceptors (Lipinski definition) is 6. The van der Waals surface area contributed by atoms with Crippen LogP contribution in [0.3, 0.4) is 0 Å². The lowest BCUT2D eigenvalue weighted by molar-refractivity contribution is 0.103. The highest BCUT2D eigenvalue weighted by Gasteiger charge is 2.23. The number of nitrogens with one attached hydrogen (secondary N) is 2. The van der Waals surface area contributed by atoms with Gasteiger partial charge in [0, 0.05) is 47.8 Å². The molecule has 0 spiro atoms. The summed E-state index contributed by atoms with van der Waals surface area (Å²) in [6.07, 6.45) is 10.8. The predicted octanol–water partition coefficient (Wildman–Crippen LogP) is 4.29. The Balaban J connectivity index is 1.52. The van der Waals surface area contributed by atoms with Gasteiger partial charge in [-0.25, -0.2) is 0 Å². The zero-order valence-corrected chi connectivity index (χ0v) is 18.5. The van der Waals surface area contributed by atoms with E-state index in [1.807, 2.05) is 0 Å². The Morgan fingerprint density at radius 3 is 1.44 bits per heavy atom. The van der Waals surface area contributed by atoms with Gasteiger partial charge in [0.2, 0.25) is 0 Å². The smallest absolute Gasteiger partial charge is 0.187 e. The third-order valence-corrected chi connectivity index (χ3v) is 5.61. The van der Waals surface area contributed by atoms with Crippen molar-refractivity contribution in [3.05, 3.63) is 84.2 Å². The van der Waals surface area contributed by atoms with Gasteiger partial charge in [-0.15, -0.1) is 0 Å². The van der Waals surface area contributed by atoms with Crippen molar-refractivity contribution in [2.75, 3.05) is 14.2 Å². The predicted molar refractivity (Wildman–Crippen MR) is 125 cm³/mol. The van der Waals surface area contributed by atoms with Crippen molar-refractivity contribution in [1.82, 2.24) is 10.6 Å². The fourth-order valence-corrected chi connectivity index (χ4v) is 3.73. The van der Waals surface area contributed by atoms with E-state index in [1.54, 1.807) is 87.3 Å². The lowest BCUT2D eigenvalue weighted by atomic mass is 9.90. The molecule has 0 unspecified atom stereocenters. The lowest BCUT2D eigenvalue weighted by Crippen LogP contribution is -2.46. The highest BCUT2D eigenvalue weighted by molar-refractivity contribution is 6.05. The minimum Gasteiger partial charge on any atom is -0.497 e. The van der Waals surface area contributed by atoms with Gasteiger partial charge < -0.3 is 20.1 Å². The zero-order chi connectivity index (χ0) is 22.8. The molecule has 6 nitrogen and oxygen atoms in total. The van der Waals surface area contributed by atoms with Gasteiger partial charge in [0.15, 0.2) is 11.6 Å². The van der Waals surface area contributed by atoms with Crippen LogP contribution in [-0.4, -0.2) is 37.9 Å². The average Bonchev–Trinajstić information content (AvgIpc) is 2.85. The van der Waals surface area contributed by atoms with Crippen LogP contribution in [0.2, 0.25) is 0 Å². The fraction of sp³-hybridized carbons (Fsp3) is 0.308. The first kappa shape index (κ1) is 23.1. The molecule has 1 fully saturated rings. The van der Waals surface area contributed by atoms with Gasteiger partial charge in [0.25, 0.3) is 0 Å². The molecular formula is C26H30N2O4. The van der Waals surface area contributed by atoms with Crippen LogP contribution in [0.25, 0.3) is 0 Å². The van der Waals surface area contributed by atoms with E-state index in [-0.39, 0.29) is 23.7 Å². The summed E-state index contributed by atoms with van der Waals surface area (Å²) in [6.45, 7) is 0. The van der Waals surface area contributed by atoms with E-state index in [4.69, 9.17) is 9.47 Å². The van der Waals surface area contributed by atoms with E-state index in [9.17, 15) is 9.59 Å². The first-order valence-corrected chi connectivity index (χ1v) is 10.8. The van der Waals surface area contributed by atoms with Crippen LogP contribution in [-0.2, 0) is 0 Å². The molecule has 0 aliphatic heterocycles. The maximum absolute atomic E-state index is 12.3. The molecule has 3 rings (SSSR count). The minimum absolute atomic E-state index is 0.0644. The van der Waals surface area contributed by atoms with Gasteiger partial charge in [0.1, 0.15) is 11.5 Å². The van der Waals surface area contributed by atoms with Crippen LogP contribution in [0, 0.1) is 0 Å². The SMILES string of the molecule is COc1ccc(C(=O)/C=C\N[C@@H]2CCCC[C@H]2N/C=C\C(=O)c2ccc(OC)cc2)cc1. The summed E-state index contributed by atoms with van der Waals surface area (Å²) < 4.78 is 10.2. The van der Waals surface area contributed by atoms with Crippen LogP contribution >= 0.6 is 0 Å². The molecule has 1 aliphatic carbocycles. The van der Waals surface area contributed by atoms with Crippen LogP contribution in [0.1, 0.15) is 46.4 Å². The van der Waals surface area contributed by atoms with Crippen LogP contribution in [0.5, 0.6) is 11.5 Å². The highest BCUT2D eigenvalue weighted by Crippen LogP contribution is 2.19. The van der Waals surface area contributed by atoms with Crippen LogP contribution in [0.4, 0.5) is 0 Å². The number of hydrogen-bond donors (Lipinski definition) is 2. The molecule has 2 aromatic rings. The normalized spacial score (nSPS) is 18.4. The average molecular weight is 435 g/mol. The number of allylic oxidation sites excluding steroid dienone is 2. The second-order valence-corrected chi connectivity index (χ2v) is 7.68. The Bertz CT molecular complexity index is 869. The molecule has 32 heavy (non-hydrogen) atoms. The monoisotopic (exact) mass is 434 g/mol. The van der Waals surface area contributed by atoms with Crippen molar-refractivity contribution < 1.29 is 19.1 Å². The third-order valence-electron chi connectivity index (χ3n) is 5.61. The standard InChI is InChI=1S/C26H30N2O4/c1-31-21-11-7-19(8-12-21)25(29)15-17-27-23-5-3-4-6-24(23)28-18-16-26(30)20-9-13-22(32-2)14-10-20/h7-18,23-24,27-28H,3-6H2,1-2H3/b17-15-,18-16-/t23-,24-/m1/s1. The molecule has 0 saturated heterocycles. The Morgan fingerprint density at radius 2 is 1.09 bits per heavy atom. The van der Waals surface area contributed by atoms with Crippen molar-refractivity contribution in [1.29, 1.82) is 0 Å². The number of ether oxygens (including phenoxy) is 2. The molecule has 1 saturated carbocycles. The van der Waals surface area contributed by atoms with Gasteiger partial charge in [-0.1, -0.05) is 12.8 Å². The van der Waals surface area contributed by atoms with Crippen molar-refractivity contribution in [3.63, 3.8) is 0 Å². The van der Waals surface area contributed by atoms with E-state index in [1.165, 1.54) is 0 Å². The molecule has 1 aliphatic rings. The summed E-state index contributed by atoms with van der Waals surface area (Å²) in [5, 5.41) is 6.71. The first-order chi connectivity index (χ1) is 15.6. The van der Waals surface area contributed by atoms with E-state index >= 15 is 0 Å². The number of carbonyl (C=O) groups is 2. The maximum Gasteiger partial charge on any atom is 0.187 e. The van der Waals surface area contributed by atoms with Crippen molar-refractivity contribution in [3.8, 4) is 11.5 Å². The van der Waals surface area contributed by atoms with Gasteiger partial charge in [0.05, 0.1) is 14.2 Å². The molecule has 0 bridgehead atoms. The second-order valence-electron chi connectivity index (χ2n) is 7.68. The summed E-state index contributed by atoms with van der Waals surface area (Å²) in [7, 11) is 3.19. The van der Waals surface area contributed by atoms with Gasteiger partial charge in [-0.3, -0.25) is 9.59 Å². The van der Waals surface area contributed by atoms with Crippen molar-refractivity contribution >= 4 is 11.6 Å². The largest absolute Gasteiger partial charge is 0.497 e. The molecular weight excluding hydrogens is 404 g/mol. The number of ketones is 2. The number of methoxy groups -OCH3 is 2. The van der Waals surface area contributed by atoms with Crippen molar-refractivity contribution in [2.45, 2.75) is 37.8 Å². The zero-order valence-electron chi connectivity index (χ0n) is 18.5. The molecule has 0 aromatic heterocycles. The molecule has 0 radical (unpaired) electrons. The number of benzene rings is 2. The molecule has 2 N–H and O–H groups in total. The molecule has 0 heterocycles. The Hall–Kier alpha value is -3.54. The van der Waals surface area contributed by atoms with E-state index in [0.29, 0.717) is 11.1 Å². The second kappa shape index (κ2) is 11.7. The quantitative estimate of drug-likeness (QED) is 0.429. The summed E-state index contributed by atoms with van der Waals surface area (Å²) in [4.78, 5) is 24.7. The summed E-state index contributed by atoms with van der Waals surface area (Å²) >= 11 is 0. The van der Waals surface area contributed by atoms with E-state index in [0.717, 1.165) is 37.2 Å². The lowest BCUT2D eigenvalue weighted by Gasteiger charge is -2.32. The minimum atomic E-state index is -0.0644. The van der Waals surface area contributed by atoms with Gasteiger partial charge in [-0.05, 0) is 61.4 Å². The summed E-state index contributed by atoms with van der Waals surface area (Å²) in [6, 6.07) is 14.5. The van der Waals surface area contributed by atoms with Gasteiger partial charge in [-0.2, -0.15) is 0 Å². The Morgan fingerprint density at radius 1 is 0.719 bits per heavy atom. The van der Waals surface area contributed by atoms with Gasteiger partial charge >= 0.3 is 0 Å². The van der Waals surface area contributed by atoms with E-state index < -0.39 is 0 Å². The molecule has 168 valence electrons. The Kier molecular flexibility index (Phi) is 8.49. The molecule has 2 aromatic carbocycles.